The van der Waals surface area contributed by atoms with Gasteiger partial charge < -0.3 is 11.5 Å². The molecule has 0 aromatic heterocycles. The van der Waals surface area contributed by atoms with E-state index in [1.165, 1.54) is 6.08 Å². The molecule has 0 spiro atoms. The van der Waals surface area contributed by atoms with Crippen molar-refractivity contribution < 1.29 is 4.39 Å². The maximum atomic E-state index is 12.9. The van der Waals surface area contributed by atoms with Crippen LogP contribution in [0.4, 0.5) is 4.39 Å². The molecule has 1 aliphatic rings. The smallest absolute Gasteiger partial charge is 0.119 e. The van der Waals surface area contributed by atoms with Crippen LogP contribution >= 0.6 is 0 Å². The fourth-order valence-electron chi connectivity index (χ4n) is 1.12. The quantitative estimate of drug-likeness (QED) is 0.591. The number of rotatable bonds is 1. The number of allylic oxidation sites excluding steroid dienone is 2. The Morgan fingerprint density at radius 3 is 2.82 bits per heavy atom. The Balaban J connectivity index is 2.88. The van der Waals surface area contributed by atoms with Crippen LogP contribution in [0.1, 0.15) is 13.3 Å². The van der Waals surface area contributed by atoms with Gasteiger partial charge in [-0.15, -0.1) is 0 Å². The molecule has 2 unspecified atom stereocenters. The van der Waals surface area contributed by atoms with Gasteiger partial charge in [-0.1, -0.05) is 19.1 Å². The van der Waals surface area contributed by atoms with Gasteiger partial charge in [0.25, 0.3) is 0 Å². The maximum absolute atomic E-state index is 12.9. The summed E-state index contributed by atoms with van der Waals surface area (Å²) < 4.78 is 12.9. The molecule has 0 fully saturated rings. The molecule has 1 aliphatic carbocycles. The minimum atomic E-state index is -0.696. The molecule has 0 heterocycles. The van der Waals surface area contributed by atoms with Gasteiger partial charge in [0, 0.05) is 0 Å². The van der Waals surface area contributed by atoms with Gasteiger partial charge in [0.1, 0.15) is 5.83 Å². The lowest BCUT2D eigenvalue weighted by Crippen LogP contribution is -2.54. The van der Waals surface area contributed by atoms with Gasteiger partial charge in [-0.05, 0) is 12.5 Å². The molecule has 0 amide bonds. The van der Waals surface area contributed by atoms with Crippen molar-refractivity contribution in [2.24, 2.45) is 11.5 Å². The summed E-state index contributed by atoms with van der Waals surface area (Å²) in [6, 6.07) is -0.683. The van der Waals surface area contributed by atoms with Crippen LogP contribution in [0.5, 0.6) is 0 Å². The average Bonchev–Trinajstić information content (AvgIpc) is 2.00. The van der Waals surface area contributed by atoms with Crippen molar-refractivity contribution in [1.82, 2.24) is 0 Å². The lowest BCUT2D eigenvalue weighted by Gasteiger charge is -2.32. The van der Waals surface area contributed by atoms with E-state index in [9.17, 15) is 4.39 Å². The van der Waals surface area contributed by atoms with Crippen molar-refractivity contribution in [3.8, 4) is 0 Å². The zero-order valence-electron chi connectivity index (χ0n) is 6.55. The summed E-state index contributed by atoms with van der Waals surface area (Å²) in [7, 11) is 0. The third-order valence-electron chi connectivity index (χ3n) is 2.15. The predicted octanol–water partition coefficient (Wildman–Crippen LogP) is 0.844. The van der Waals surface area contributed by atoms with Crippen LogP contribution in [0, 0.1) is 0 Å². The zero-order valence-corrected chi connectivity index (χ0v) is 6.55. The molecule has 0 aliphatic heterocycles. The highest BCUT2D eigenvalue weighted by Crippen LogP contribution is 2.23. The molecule has 11 heavy (non-hydrogen) atoms. The van der Waals surface area contributed by atoms with E-state index in [1.807, 2.05) is 6.92 Å². The van der Waals surface area contributed by atoms with Crippen LogP contribution in [-0.2, 0) is 0 Å². The fraction of sp³-hybridized carbons (Fsp3) is 0.500. The van der Waals surface area contributed by atoms with Crippen molar-refractivity contribution in [3.63, 3.8) is 0 Å². The zero-order chi connectivity index (χ0) is 8.48. The average molecular weight is 156 g/mol. The first-order valence-corrected chi connectivity index (χ1v) is 3.69. The maximum Gasteiger partial charge on any atom is 0.119 e. The van der Waals surface area contributed by atoms with E-state index < -0.39 is 11.6 Å². The molecule has 0 saturated carbocycles. The lowest BCUT2D eigenvalue weighted by molar-refractivity contribution is 0.385. The van der Waals surface area contributed by atoms with Crippen molar-refractivity contribution in [1.29, 1.82) is 0 Å². The predicted molar refractivity (Wildman–Crippen MR) is 43.5 cm³/mol. The molecule has 0 bridgehead atoms. The Morgan fingerprint density at radius 2 is 2.36 bits per heavy atom. The molecule has 4 N–H and O–H groups in total. The van der Waals surface area contributed by atoms with Crippen molar-refractivity contribution in [3.05, 3.63) is 24.1 Å². The third kappa shape index (κ3) is 1.34. The summed E-state index contributed by atoms with van der Waals surface area (Å²) in [5, 5.41) is 0. The molecule has 0 radical (unpaired) electrons. The monoisotopic (exact) mass is 156 g/mol. The number of halogens is 1. The highest BCUT2D eigenvalue weighted by atomic mass is 19.1. The van der Waals surface area contributed by atoms with E-state index in [-0.39, 0.29) is 5.83 Å². The molecule has 2 nitrogen and oxygen atoms in total. The van der Waals surface area contributed by atoms with Crippen LogP contribution in [-0.4, -0.2) is 11.6 Å². The van der Waals surface area contributed by atoms with Gasteiger partial charge in [0.2, 0.25) is 0 Å². The van der Waals surface area contributed by atoms with E-state index in [0.29, 0.717) is 6.42 Å². The molecular weight excluding hydrogens is 143 g/mol. The molecule has 0 saturated heterocycles. The molecule has 0 aromatic rings. The Bertz CT molecular complexity index is 210. The lowest BCUT2D eigenvalue weighted by atomic mass is 9.85. The van der Waals surface area contributed by atoms with E-state index in [1.54, 1.807) is 12.2 Å². The molecular formula is C8H13FN2. The first kappa shape index (κ1) is 8.43. The van der Waals surface area contributed by atoms with Gasteiger partial charge in [0.05, 0.1) is 11.6 Å². The second kappa shape index (κ2) is 2.75. The number of hydrogen-bond acceptors (Lipinski definition) is 2. The summed E-state index contributed by atoms with van der Waals surface area (Å²) in [6.07, 6.45) is 5.36. The molecule has 1 rings (SSSR count). The standard InChI is InChI=1S/C8H13FN2/c1-2-8(11)5-3-4-6(9)7(8)10/h3-5,7H,2,10-11H2,1H3. The normalized spacial score (nSPS) is 37.1. The second-order valence-corrected chi connectivity index (χ2v) is 2.85. The SMILES string of the molecule is CCC1(N)C=CC=C(F)C1N. The highest BCUT2D eigenvalue weighted by Gasteiger charge is 2.32. The summed E-state index contributed by atoms with van der Waals surface area (Å²) in [4.78, 5) is 0. The summed E-state index contributed by atoms with van der Waals surface area (Å²) >= 11 is 0. The van der Waals surface area contributed by atoms with Crippen LogP contribution in [0.3, 0.4) is 0 Å². The Kier molecular flexibility index (Phi) is 2.11. The van der Waals surface area contributed by atoms with Crippen molar-refractivity contribution >= 4 is 0 Å². The van der Waals surface area contributed by atoms with Crippen LogP contribution < -0.4 is 11.5 Å². The molecule has 2 atom stereocenters. The third-order valence-corrected chi connectivity index (χ3v) is 2.15. The molecule has 0 aromatic carbocycles. The van der Waals surface area contributed by atoms with Gasteiger partial charge in [0.15, 0.2) is 0 Å². The number of hydrogen-bond donors (Lipinski definition) is 2. The first-order valence-electron chi connectivity index (χ1n) is 3.69. The molecule has 62 valence electrons. The summed E-state index contributed by atoms with van der Waals surface area (Å²) in [6.45, 7) is 1.89. The van der Waals surface area contributed by atoms with E-state index >= 15 is 0 Å². The fourth-order valence-corrected chi connectivity index (χ4v) is 1.12. The van der Waals surface area contributed by atoms with Crippen molar-refractivity contribution in [2.45, 2.75) is 24.9 Å². The van der Waals surface area contributed by atoms with Crippen molar-refractivity contribution in [2.75, 3.05) is 0 Å². The van der Waals surface area contributed by atoms with Gasteiger partial charge in [-0.2, -0.15) is 0 Å². The van der Waals surface area contributed by atoms with E-state index in [2.05, 4.69) is 0 Å². The van der Waals surface area contributed by atoms with Crippen LogP contribution in [0.15, 0.2) is 24.1 Å². The largest absolute Gasteiger partial charge is 0.320 e. The van der Waals surface area contributed by atoms with Crippen LogP contribution in [0.2, 0.25) is 0 Å². The summed E-state index contributed by atoms with van der Waals surface area (Å²) in [5.74, 6) is -0.336. The molecule has 3 heteroatoms. The Hall–Kier alpha value is -0.670. The van der Waals surface area contributed by atoms with Gasteiger partial charge in [-0.3, -0.25) is 0 Å². The highest BCUT2D eigenvalue weighted by molar-refractivity contribution is 5.29. The minimum absolute atomic E-state index is 0.336. The van der Waals surface area contributed by atoms with Gasteiger partial charge in [-0.25, -0.2) is 4.39 Å². The Morgan fingerprint density at radius 1 is 1.73 bits per heavy atom. The van der Waals surface area contributed by atoms with Gasteiger partial charge >= 0.3 is 0 Å². The van der Waals surface area contributed by atoms with E-state index in [0.717, 1.165) is 0 Å². The summed E-state index contributed by atoms with van der Waals surface area (Å²) in [5.41, 5.74) is 10.7. The first-order chi connectivity index (χ1) is 5.10. The second-order valence-electron chi connectivity index (χ2n) is 2.85. The minimum Gasteiger partial charge on any atom is -0.320 e. The topological polar surface area (TPSA) is 52.0 Å². The van der Waals surface area contributed by atoms with Crippen LogP contribution in [0.25, 0.3) is 0 Å². The Labute approximate surface area is 65.8 Å². The number of nitrogens with two attached hydrogens (primary N) is 2. The van der Waals surface area contributed by atoms with E-state index in [4.69, 9.17) is 11.5 Å².